The van der Waals surface area contributed by atoms with Crippen LogP contribution in [0.4, 0.5) is 0 Å². The molecule has 0 aliphatic rings. The van der Waals surface area contributed by atoms with E-state index in [-0.39, 0.29) is 6.04 Å². The summed E-state index contributed by atoms with van der Waals surface area (Å²) in [6.07, 6.45) is 0.866. The summed E-state index contributed by atoms with van der Waals surface area (Å²) >= 11 is 0. The van der Waals surface area contributed by atoms with E-state index in [1.807, 2.05) is 32.3 Å². The summed E-state index contributed by atoms with van der Waals surface area (Å²) in [7, 11) is 4.06. The molecule has 3 nitrogen and oxygen atoms in total. The Morgan fingerprint density at radius 3 is 2.58 bits per heavy atom. The number of fused-ring (bicyclic) bond motifs is 1. The maximum Gasteiger partial charge on any atom is 0.119 e. The first kappa shape index (κ1) is 13.8. The Bertz CT molecular complexity index is 525. The second kappa shape index (κ2) is 6.55. The number of hydrogen-bond donors (Lipinski definition) is 1. The van der Waals surface area contributed by atoms with E-state index >= 15 is 0 Å². The molecule has 1 atom stereocenters. The molecular formula is C16H22N2O. The second-order valence-corrected chi connectivity index (χ2v) is 5.17. The van der Waals surface area contributed by atoms with Gasteiger partial charge < -0.3 is 15.4 Å². The molecule has 0 saturated carbocycles. The molecule has 0 bridgehead atoms. The van der Waals surface area contributed by atoms with Gasteiger partial charge in [0.2, 0.25) is 0 Å². The average Bonchev–Trinajstić information content (AvgIpc) is 2.37. The SMILES string of the molecule is CN(C)CC(N)CCOc1ccc2ccccc2c1. The van der Waals surface area contributed by atoms with Crippen molar-refractivity contribution < 1.29 is 4.74 Å². The highest BCUT2D eigenvalue weighted by Gasteiger charge is 2.04. The van der Waals surface area contributed by atoms with E-state index in [1.54, 1.807) is 0 Å². The maximum atomic E-state index is 6.01. The molecule has 3 heteroatoms. The summed E-state index contributed by atoms with van der Waals surface area (Å²) in [4.78, 5) is 2.10. The Balaban J connectivity index is 1.88. The van der Waals surface area contributed by atoms with Gasteiger partial charge in [0, 0.05) is 12.6 Å². The van der Waals surface area contributed by atoms with Gasteiger partial charge in [0.15, 0.2) is 0 Å². The Kier molecular flexibility index (Phi) is 4.77. The first-order valence-corrected chi connectivity index (χ1v) is 6.67. The number of benzene rings is 2. The zero-order chi connectivity index (χ0) is 13.7. The van der Waals surface area contributed by atoms with E-state index in [9.17, 15) is 0 Å². The van der Waals surface area contributed by atoms with Crippen molar-refractivity contribution in [3.63, 3.8) is 0 Å². The Morgan fingerprint density at radius 2 is 1.84 bits per heavy atom. The summed E-state index contributed by atoms with van der Waals surface area (Å²) in [5, 5.41) is 2.44. The molecule has 0 aromatic heterocycles. The Labute approximate surface area is 115 Å². The maximum absolute atomic E-state index is 6.01. The molecule has 19 heavy (non-hydrogen) atoms. The minimum absolute atomic E-state index is 0.162. The molecule has 0 spiro atoms. The predicted octanol–water partition coefficient (Wildman–Crippen LogP) is 2.50. The minimum atomic E-state index is 0.162. The van der Waals surface area contributed by atoms with Crippen molar-refractivity contribution in [2.24, 2.45) is 5.73 Å². The first-order chi connectivity index (χ1) is 9.15. The lowest BCUT2D eigenvalue weighted by atomic mass is 10.1. The second-order valence-electron chi connectivity index (χ2n) is 5.17. The molecule has 2 aromatic carbocycles. The number of rotatable bonds is 6. The number of hydrogen-bond acceptors (Lipinski definition) is 3. The molecule has 0 amide bonds. The van der Waals surface area contributed by atoms with Crippen LogP contribution in [0, 0.1) is 0 Å². The van der Waals surface area contributed by atoms with E-state index in [2.05, 4.69) is 29.2 Å². The summed E-state index contributed by atoms with van der Waals surface area (Å²) in [6, 6.07) is 14.6. The van der Waals surface area contributed by atoms with Crippen molar-refractivity contribution >= 4 is 10.8 Å². The van der Waals surface area contributed by atoms with Gasteiger partial charge in [-0.05, 0) is 43.4 Å². The number of nitrogens with two attached hydrogens (primary N) is 1. The van der Waals surface area contributed by atoms with Crippen LogP contribution in [0.1, 0.15) is 6.42 Å². The highest BCUT2D eigenvalue weighted by molar-refractivity contribution is 5.83. The zero-order valence-corrected chi connectivity index (χ0v) is 11.7. The van der Waals surface area contributed by atoms with Crippen LogP contribution in [0.15, 0.2) is 42.5 Å². The average molecular weight is 258 g/mol. The standard InChI is InChI=1S/C16H22N2O/c1-18(2)12-15(17)9-10-19-16-8-7-13-5-3-4-6-14(13)11-16/h3-8,11,15H,9-10,12,17H2,1-2H3. The fraction of sp³-hybridized carbons (Fsp3) is 0.375. The van der Waals surface area contributed by atoms with Crippen molar-refractivity contribution in [1.29, 1.82) is 0 Å². The number of nitrogens with zero attached hydrogens (tertiary/aromatic N) is 1. The van der Waals surface area contributed by atoms with E-state index < -0.39 is 0 Å². The number of likely N-dealkylation sites (N-methyl/N-ethyl adjacent to an activating group) is 1. The van der Waals surface area contributed by atoms with Gasteiger partial charge in [0.1, 0.15) is 5.75 Å². The summed E-state index contributed by atoms with van der Waals surface area (Å²) in [5.41, 5.74) is 6.01. The molecule has 2 aromatic rings. The van der Waals surface area contributed by atoms with Gasteiger partial charge in [0.25, 0.3) is 0 Å². The lowest BCUT2D eigenvalue weighted by Crippen LogP contribution is -2.34. The van der Waals surface area contributed by atoms with Gasteiger partial charge in [-0.3, -0.25) is 0 Å². The van der Waals surface area contributed by atoms with Crippen LogP contribution in [-0.4, -0.2) is 38.2 Å². The van der Waals surface area contributed by atoms with Crippen LogP contribution >= 0.6 is 0 Å². The third-order valence-electron chi connectivity index (χ3n) is 3.08. The lowest BCUT2D eigenvalue weighted by Gasteiger charge is -2.17. The monoisotopic (exact) mass is 258 g/mol. The van der Waals surface area contributed by atoms with Crippen molar-refractivity contribution in [2.75, 3.05) is 27.2 Å². The molecule has 0 heterocycles. The van der Waals surface area contributed by atoms with Crippen molar-refractivity contribution in [3.05, 3.63) is 42.5 Å². The van der Waals surface area contributed by atoms with Gasteiger partial charge in [-0.15, -0.1) is 0 Å². The largest absolute Gasteiger partial charge is 0.494 e. The van der Waals surface area contributed by atoms with Gasteiger partial charge in [-0.25, -0.2) is 0 Å². The fourth-order valence-electron chi connectivity index (χ4n) is 2.15. The third kappa shape index (κ3) is 4.23. The third-order valence-corrected chi connectivity index (χ3v) is 3.08. The molecule has 0 fully saturated rings. The van der Waals surface area contributed by atoms with Crippen molar-refractivity contribution in [2.45, 2.75) is 12.5 Å². The van der Waals surface area contributed by atoms with Gasteiger partial charge in [0.05, 0.1) is 6.61 Å². The van der Waals surface area contributed by atoms with Crippen LogP contribution in [0.2, 0.25) is 0 Å². The minimum Gasteiger partial charge on any atom is -0.494 e. The highest BCUT2D eigenvalue weighted by atomic mass is 16.5. The highest BCUT2D eigenvalue weighted by Crippen LogP contribution is 2.20. The summed E-state index contributed by atoms with van der Waals surface area (Å²) < 4.78 is 5.77. The lowest BCUT2D eigenvalue weighted by molar-refractivity contribution is 0.277. The van der Waals surface area contributed by atoms with Crippen molar-refractivity contribution in [3.8, 4) is 5.75 Å². The Morgan fingerprint density at radius 1 is 1.11 bits per heavy atom. The van der Waals surface area contributed by atoms with Crippen LogP contribution in [0.3, 0.4) is 0 Å². The molecule has 2 rings (SSSR count). The molecule has 0 saturated heterocycles. The van der Waals surface area contributed by atoms with Crippen LogP contribution in [-0.2, 0) is 0 Å². The molecule has 102 valence electrons. The molecule has 1 unspecified atom stereocenters. The van der Waals surface area contributed by atoms with E-state index in [0.717, 1.165) is 18.7 Å². The number of ether oxygens (including phenoxy) is 1. The zero-order valence-electron chi connectivity index (χ0n) is 11.7. The summed E-state index contributed by atoms with van der Waals surface area (Å²) in [6.45, 7) is 1.55. The van der Waals surface area contributed by atoms with Gasteiger partial charge in [-0.2, -0.15) is 0 Å². The van der Waals surface area contributed by atoms with Crippen LogP contribution in [0.5, 0.6) is 5.75 Å². The van der Waals surface area contributed by atoms with E-state index in [4.69, 9.17) is 10.5 Å². The summed E-state index contributed by atoms with van der Waals surface area (Å²) in [5.74, 6) is 0.913. The van der Waals surface area contributed by atoms with E-state index in [0.29, 0.717) is 6.61 Å². The predicted molar refractivity (Wildman–Crippen MR) is 80.6 cm³/mol. The van der Waals surface area contributed by atoms with Gasteiger partial charge in [-0.1, -0.05) is 30.3 Å². The van der Waals surface area contributed by atoms with Crippen molar-refractivity contribution in [1.82, 2.24) is 4.90 Å². The van der Waals surface area contributed by atoms with Crippen LogP contribution in [0.25, 0.3) is 10.8 Å². The first-order valence-electron chi connectivity index (χ1n) is 6.67. The molecule has 2 N–H and O–H groups in total. The topological polar surface area (TPSA) is 38.5 Å². The molecule has 0 aliphatic heterocycles. The molecule has 0 aliphatic carbocycles. The Hall–Kier alpha value is -1.58. The molecular weight excluding hydrogens is 236 g/mol. The smallest absolute Gasteiger partial charge is 0.119 e. The van der Waals surface area contributed by atoms with Gasteiger partial charge >= 0.3 is 0 Å². The molecule has 0 radical (unpaired) electrons. The van der Waals surface area contributed by atoms with E-state index in [1.165, 1.54) is 10.8 Å². The normalized spacial score (nSPS) is 12.8. The quantitative estimate of drug-likeness (QED) is 0.865. The fourth-order valence-corrected chi connectivity index (χ4v) is 2.15. The van der Waals surface area contributed by atoms with Crippen LogP contribution < -0.4 is 10.5 Å².